The Morgan fingerprint density at radius 3 is 2.82 bits per heavy atom. The topological polar surface area (TPSA) is 32.3 Å². The van der Waals surface area contributed by atoms with Crippen LogP contribution in [0.5, 0.6) is 0 Å². The molecule has 2 atom stereocenters. The second kappa shape index (κ2) is 5.01. The van der Waals surface area contributed by atoms with Crippen molar-refractivity contribution < 1.29 is 5.11 Å². The fourth-order valence-corrected chi connectivity index (χ4v) is 2.68. The molecule has 66 valence electrons. The minimum absolute atomic E-state index is 0.339. The van der Waals surface area contributed by atoms with E-state index < -0.39 is 0 Å². The third-order valence-electron chi connectivity index (χ3n) is 2.38. The van der Waals surface area contributed by atoms with Crippen LogP contribution >= 0.6 is 11.8 Å². The normalized spacial score (nSPS) is 33.3. The summed E-state index contributed by atoms with van der Waals surface area (Å²) >= 11 is 2.00. The molecule has 2 unspecified atom stereocenters. The van der Waals surface area contributed by atoms with E-state index in [1.165, 1.54) is 17.9 Å². The van der Waals surface area contributed by atoms with Gasteiger partial charge in [0.2, 0.25) is 0 Å². The summed E-state index contributed by atoms with van der Waals surface area (Å²) in [5.41, 5.74) is 0. The fraction of sp³-hybridized carbons (Fsp3) is 1.00. The number of hydrogen-bond donors (Lipinski definition) is 2. The molecule has 1 aliphatic heterocycles. The largest absolute Gasteiger partial charge is 0.396 e. The Kier molecular flexibility index (Phi) is 4.26. The Balaban J connectivity index is 2.41. The van der Waals surface area contributed by atoms with Crippen molar-refractivity contribution in [2.75, 3.05) is 25.2 Å². The molecule has 0 spiro atoms. The van der Waals surface area contributed by atoms with Gasteiger partial charge in [0.05, 0.1) is 0 Å². The Hall–Kier alpha value is 0.270. The molecule has 11 heavy (non-hydrogen) atoms. The zero-order valence-electron chi connectivity index (χ0n) is 7.05. The predicted octanol–water partition coefficient (Wildman–Crippen LogP) is 0.710. The molecule has 0 radical (unpaired) electrons. The van der Waals surface area contributed by atoms with Crippen molar-refractivity contribution in [1.82, 2.24) is 5.32 Å². The third kappa shape index (κ3) is 2.65. The van der Waals surface area contributed by atoms with Crippen LogP contribution in [0.4, 0.5) is 0 Å². The Bertz CT molecular complexity index is 98.3. The van der Waals surface area contributed by atoms with Crippen molar-refractivity contribution in [2.24, 2.45) is 5.92 Å². The first-order chi connectivity index (χ1) is 5.38. The quantitative estimate of drug-likeness (QED) is 0.648. The number of hydrogen-bond acceptors (Lipinski definition) is 3. The highest BCUT2D eigenvalue weighted by Crippen LogP contribution is 2.21. The number of aliphatic hydroxyl groups is 1. The van der Waals surface area contributed by atoms with Gasteiger partial charge in [0.1, 0.15) is 0 Å². The van der Waals surface area contributed by atoms with Gasteiger partial charge in [0.15, 0.2) is 0 Å². The lowest BCUT2D eigenvalue weighted by Crippen LogP contribution is -2.35. The van der Waals surface area contributed by atoms with E-state index in [1.807, 2.05) is 18.8 Å². The van der Waals surface area contributed by atoms with E-state index in [0.29, 0.717) is 18.6 Å². The van der Waals surface area contributed by atoms with Gasteiger partial charge in [0.25, 0.3) is 0 Å². The second-order valence-corrected chi connectivity index (χ2v) is 4.25. The first kappa shape index (κ1) is 9.36. The van der Waals surface area contributed by atoms with Crippen molar-refractivity contribution in [3.63, 3.8) is 0 Å². The van der Waals surface area contributed by atoms with Gasteiger partial charge < -0.3 is 10.4 Å². The zero-order chi connectivity index (χ0) is 8.10. The summed E-state index contributed by atoms with van der Waals surface area (Å²) in [6.07, 6.45) is 2.36. The first-order valence-electron chi connectivity index (χ1n) is 4.24. The highest BCUT2D eigenvalue weighted by molar-refractivity contribution is 7.99. The lowest BCUT2D eigenvalue weighted by atomic mass is 9.96. The molecule has 0 amide bonds. The van der Waals surface area contributed by atoms with Crippen molar-refractivity contribution in [1.29, 1.82) is 0 Å². The van der Waals surface area contributed by atoms with Gasteiger partial charge >= 0.3 is 0 Å². The minimum atomic E-state index is 0.339. The molecule has 1 aliphatic rings. The maximum absolute atomic E-state index is 9.07. The Morgan fingerprint density at radius 2 is 2.18 bits per heavy atom. The summed E-state index contributed by atoms with van der Waals surface area (Å²) in [4.78, 5) is 0. The molecule has 0 aromatic rings. The number of thioether (sulfide) groups is 1. The molecular weight excluding hydrogens is 158 g/mol. The van der Waals surface area contributed by atoms with Crippen LogP contribution in [-0.4, -0.2) is 36.3 Å². The van der Waals surface area contributed by atoms with E-state index in [-0.39, 0.29) is 0 Å². The lowest BCUT2D eigenvalue weighted by Gasteiger charge is -2.21. The van der Waals surface area contributed by atoms with Crippen molar-refractivity contribution in [3.05, 3.63) is 0 Å². The maximum Gasteiger partial charge on any atom is 0.0474 e. The molecule has 1 heterocycles. The summed E-state index contributed by atoms with van der Waals surface area (Å²) in [7, 11) is 1.99. The van der Waals surface area contributed by atoms with Gasteiger partial charge in [0, 0.05) is 12.6 Å². The summed E-state index contributed by atoms with van der Waals surface area (Å²) in [5, 5.41) is 12.3. The van der Waals surface area contributed by atoms with Gasteiger partial charge in [-0.2, -0.15) is 11.8 Å². The molecule has 1 saturated heterocycles. The molecular formula is C8H17NOS. The van der Waals surface area contributed by atoms with E-state index in [9.17, 15) is 0 Å². The van der Waals surface area contributed by atoms with E-state index in [2.05, 4.69) is 5.32 Å². The third-order valence-corrected chi connectivity index (χ3v) is 3.43. The molecule has 3 heteroatoms. The van der Waals surface area contributed by atoms with E-state index in [0.717, 1.165) is 6.42 Å². The van der Waals surface area contributed by atoms with Crippen LogP contribution in [0.3, 0.4) is 0 Å². The summed E-state index contributed by atoms with van der Waals surface area (Å²) in [5.74, 6) is 2.93. The van der Waals surface area contributed by atoms with Crippen molar-refractivity contribution in [2.45, 2.75) is 18.9 Å². The monoisotopic (exact) mass is 175 g/mol. The average Bonchev–Trinajstić information content (AvgIpc) is 2.27. The number of aliphatic hydroxyl groups excluding tert-OH is 1. The molecule has 0 aliphatic carbocycles. The highest BCUT2D eigenvalue weighted by Gasteiger charge is 2.21. The molecule has 2 nitrogen and oxygen atoms in total. The number of rotatable bonds is 2. The smallest absolute Gasteiger partial charge is 0.0474 e. The van der Waals surface area contributed by atoms with Gasteiger partial charge in [-0.15, -0.1) is 0 Å². The van der Waals surface area contributed by atoms with Crippen LogP contribution in [0.2, 0.25) is 0 Å². The van der Waals surface area contributed by atoms with Crippen LogP contribution in [-0.2, 0) is 0 Å². The van der Waals surface area contributed by atoms with Crippen LogP contribution in [0, 0.1) is 5.92 Å². The standard InChI is InChI=1S/C8H17NOS/c1-9-8-3-5-11-4-2-7(8)6-10/h7-10H,2-6H2,1H3. The van der Waals surface area contributed by atoms with Gasteiger partial charge in [-0.05, 0) is 37.3 Å². The molecule has 0 bridgehead atoms. The van der Waals surface area contributed by atoms with Gasteiger partial charge in [-0.25, -0.2) is 0 Å². The average molecular weight is 175 g/mol. The summed E-state index contributed by atoms with van der Waals surface area (Å²) in [6, 6.07) is 0.537. The van der Waals surface area contributed by atoms with E-state index >= 15 is 0 Å². The molecule has 0 aromatic carbocycles. The van der Waals surface area contributed by atoms with Crippen molar-refractivity contribution in [3.8, 4) is 0 Å². The van der Waals surface area contributed by atoms with Crippen LogP contribution in [0.15, 0.2) is 0 Å². The molecule has 2 N–H and O–H groups in total. The lowest BCUT2D eigenvalue weighted by molar-refractivity contribution is 0.189. The second-order valence-electron chi connectivity index (χ2n) is 3.03. The highest BCUT2D eigenvalue weighted by atomic mass is 32.2. The molecule has 0 saturated carbocycles. The summed E-state index contributed by atoms with van der Waals surface area (Å²) in [6.45, 7) is 0.339. The number of nitrogens with one attached hydrogen (secondary N) is 1. The van der Waals surface area contributed by atoms with Crippen LogP contribution in [0.1, 0.15) is 12.8 Å². The maximum atomic E-state index is 9.07. The minimum Gasteiger partial charge on any atom is -0.396 e. The Labute approximate surface area is 72.8 Å². The molecule has 1 rings (SSSR count). The molecule has 0 aromatic heterocycles. The summed E-state index contributed by atoms with van der Waals surface area (Å²) < 4.78 is 0. The predicted molar refractivity (Wildman–Crippen MR) is 50.0 cm³/mol. The van der Waals surface area contributed by atoms with Gasteiger partial charge in [-0.3, -0.25) is 0 Å². The van der Waals surface area contributed by atoms with Crippen LogP contribution < -0.4 is 5.32 Å². The van der Waals surface area contributed by atoms with Crippen LogP contribution in [0.25, 0.3) is 0 Å². The SMILES string of the molecule is CNC1CCSCCC1CO. The van der Waals surface area contributed by atoms with E-state index in [1.54, 1.807) is 0 Å². The first-order valence-corrected chi connectivity index (χ1v) is 5.40. The zero-order valence-corrected chi connectivity index (χ0v) is 7.86. The Morgan fingerprint density at radius 1 is 1.45 bits per heavy atom. The fourth-order valence-electron chi connectivity index (χ4n) is 1.58. The molecule has 1 fully saturated rings. The van der Waals surface area contributed by atoms with Crippen molar-refractivity contribution >= 4 is 11.8 Å². The van der Waals surface area contributed by atoms with E-state index in [4.69, 9.17) is 5.11 Å². The van der Waals surface area contributed by atoms with Gasteiger partial charge in [-0.1, -0.05) is 0 Å².